The molecule has 1 saturated heterocycles. The summed E-state index contributed by atoms with van der Waals surface area (Å²) in [5.74, 6) is -0.220. The first-order valence-electron chi connectivity index (χ1n) is 13.5. The van der Waals surface area contributed by atoms with E-state index in [2.05, 4.69) is 15.2 Å². The van der Waals surface area contributed by atoms with E-state index in [-0.39, 0.29) is 17.9 Å². The average molecular weight is 558 g/mol. The van der Waals surface area contributed by atoms with Gasteiger partial charge in [-0.1, -0.05) is 18.2 Å². The fourth-order valence-corrected chi connectivity index (χ4v) is 4.86. The highest BCUT2D eigenvalue weighted by atomic mass is 19.1. The van der Waals surface area contributed by atoms with Gasteiger partial charge in [0.25, 0.3) is 0 Å². The van der Waals surface area contributed by atoms with E-state index in [9.17, 15) is 8.78 Å². The minimum Gasteiger partial charge on any atom is -0.494 e. The van der Waals surface area contributed by atoms with E-state index in [1.807, 2.05) is 42.5 Å². The zero-order chi connectivity index (χ0) is 28.2. The Labute approximate surface area is 235 Å². The molecule has 41 heavy (non-hydrogen) atoms. The van der Waals surface area contributed by atoms with Crippen molar-refractivity contribution in [2.24, 2.45) is 0 Å². The van der Waals surface area contributed by atoms with Crippen molar-refractivity contribution in [1.82, 2.24) is 29.6 Å². The largest absolute Gasteiger partial charge is 0.494 e. The molecular formula is C30H29F2N7O2. The van der Waals surface area contributed by atoms with Gasteiger partial charge in [0.15, 0.2) is 5.82 Å². The van der Waals surface area contributed by atoms with Gasteiger partial charge in [-0.15, -0.1) is 0 Å². The molecule has 210 valence electrons. The van der Waals surface area contributed by atoms with Gasteiger partial charge in [0.2, 0.25) is 0 Å². The first-order valence-corrected chi connectivity index (χ1v) is 13.5. The predicted molar refractivity (Wildman–Crippen MR) is 151 cm³/mol. The highest BCUT2D eigenvalue weighted by Crippen LogP contribution is 2.30. The van der Waals surface area contributed by atoms with Crippen LogP contribution in [0.1, 0.15) is 18.2 Å². The zero-order valence-corrected chi connectivity index (χ0v) is 22.6. The number of halogens is 2. The van der Waals surface area contributed by atoms with Gasteiger partial charge in [0, 0.05) is 66.9 Å². The second-order valence-corrected chi connectivity index (χ2v) is 9.64. The molecule has 3 aromatic heterocycles. The molecular weight excluding hydrogens is 528 g/mol. The number of hydrogen-bond donors (Lipinski definition) is 1. The Bertz CT molecular complexity index is 1630. The molecule has 0 bridgehead atoms. The summed E-state index contributed by atoms with van der Waals surface area (Å²) >= 11 is 0. The van der Waals surface area contributed by atoms with Crippen LogP contribution in [-0.4, -0.2) is 62.5 Å². The number of anilines is 2. The number of hydrogen-bond acceptors (Lipinski definition) is 8. The molecule has 0 amide bonds. The third-order valence-electron chi connectivity index (χ3n) is 6.82. The Balaban J connectivity index is 1.41. The number of pyridine rings is 1. The van der Waals surface area contributed by atoms with Crippen LogP contribution in [0.4, 0.5) is 20.3 Å². The van der Waals surface area contributed by atoms with Gasteiger partial charge in [-0.2, -0.15) is 5.10 Å². The minimum absolute atomic E-state index is 0.102. The molecule has 11 heteroatoms. The Morgan fingerprint density at radius 2 is 1.71 bits per heavy atom. The number of benzene rings is 2. The van der Waals surface area contributed by atoms with Crippen LogP contribution in [-0.2, 0) is 17.8 Å². The lowest BCUT2D eigenvalue weighted by atomic mass is 10.1. The van der Waals surface area contributed by atoms with Gasteiger partial charge in [0.05, 0.1) is 37.6 Å². The molecule has 0 radical (unpaired) electrons. The number of nitrogens with one attached hydrogen (secondary N) is 1. The van der Waals surface area contributed by atoms with Crippen molar-refractivity contribution in [3.8, 4) is 17.3 Å². The number of morpholine rings is 1. The number of ether oxygens (including phenoxy) is 2. The Morgan fingerprint density at radius 3 is 2.46 bits per heavy atom. The number of aromatic nitrogens is 5. The van der Waals surface area contributed by atoms with Crippen molar-refractivity contribution in [3.05, 3.63) is 89.9 Å². The normalized spacial score (nSPS) is 13.9. The molecule has 9 nitrogen and oxygen atoms in total. The van der Waals surface area contributed by atoms with E-state index in [1.54, 1.807) is 24.0 Å². The Kier molecular flexibility index (Phi) is 7.79. The molecule has 1 N–H and O–H groups in total. The lowest BCUT2D eigenvalue weighted by Crippen LogP contribution is -2.35. The third-order valence-corrected chi connectivity index (χ3v) is 6.82. The average Bonchev–Trinajstić information content (AvgIpc) is 3.35. The summed E-state index contributed by atoms with van der Waals surface area (Å²) in [4.78, 5) is 16.1. The van der Waals surface area contributed by atoms with Crippen LogP contribution >= 0.6 is 0 Å². The van der Waals surface area contributed by atoms with E-state index in [1.165, 1.54) is 12.1 Å². The SMILES string of the molecule is CCOc1cc(F)c(Cn2nc(-c3nc(CN4CCOCC4)cc(Nc4ccncc4)n3)c3ccccc32)c(F)c1. The van der Waals surface area contributed by atoms with Crippen LogP contribution < -0.4 is 10.1 Å². The molecule has 1 aliphatic heterocycles. The molecule has 5 aromatic rings. The summed E-state index contributed by atoms with van der Waals surface area (Å²) in [6.45, 7) is 5.55. The smallest absolute Gasteiger partial charge is 0.183 e. The van der Waals surface area contributed by atoms with E-state index >= 15 is 0 Å². The Hall–Kier alpha value is -4.48. The summed E-state index contributed by atoms with van der Waals surface area (Å²) in [5, 5.41) is 8.90. The van der Waals surface area contributed by atoms with Crippen molar-refractivity contribution >= 4 is 22.4 Å². The summed E-state index contributed by atoms with van der Waals surface area (Å²) in [6, 6.07) is 15.6. The summed E-state index contributed by atoms with van der Waals surface area (Å²) < 4.78 is 42.3. The first kappa shape index (κ1) is 26.7. The quantitative estimate of drug-likeness (QED) is 0.265. The first-order chi connectivity index (χ1) is 20.1. The molecule has 2 aromatic carbocycles. The van der Waals surface area contributed by atoms with E-state index in [4.69, 9.17) is 24.5 Å². The maximum Gasteiger partial charge on any atom is 0.183 e. The van der Waals surface area contributed by atoms with Crippen LogP contribution in [0.2, 0.25) is 0 Å². The van der Waals surface area contributed by atoms with E-state index < -0.39 is 11.6 Å². The summed E-state index contributed by atoms with van der Waals surface area (Å²) in [7, 11) is 0. The van der Waals surface area contributed by atoms with Gasteiger partial charge >= 0.3 is 0 Å². The molecule has 6 rings (SSSR count). The van der Waals surface area contributed by atoms with Crippen molar-refractivity contribution in [3.63, 3.8) is 0 Å². The molecule has 0 atom stereocenters. The van der Waals surface area contributed by atoms with Gasteiger partial charge < -0.3 is 14.8 Å². The molecule has 4 heterocycles. The minimum atomic E-state index is -0.692. The number of nitrogens with zero attached hydrogens (tertiary/aromatic N) is 6. The van der Waals surface area contributed by atoms with Gasteiger partial charge in [-0.3, -0.25) is 14.6 Å². The van der Waals surface area contributed by atoms with Gasteiger partial charge in [0.1, 0.15) is 28.9 Å². The van der Waals surface area contributed by atoms with Crippen LogP contribution in [0.5, 0.6) is 5.75 Å². The molecule has 1 aliphatic rings. The van der Waals surface area contributed by atoms with Crippen molar-refractivity contribution in [1.29, 1.82) is 0 Å². The maximum atomic E-state index is 15.0. The fraction of sp³-hybridized carbons (Fsp3) is 0.267. The fourth-order valence-electron chi connectivity index (χ4n) is 4.86. The summed E-state index contributed by atoms with van der Waals surface area (Å²) in [5.41, 5.74) is 2.78. The molecule has 0 aliphatic carbocycles. The number of para-hydroxylation sites is 1. The van der Waals surface area contributed by atoms with E-state index in [0.29, 0.717) is 49.2 Å². The highest BCUT2D eigenvalue weighted by Gasteiger charge is 2.20. The second kappa shape index (κ2) is 11.9. The maximum absolute atomic E-state index is 15.0. The van der Waals surface area contributed by atoms with Crippen LogP contribution in [0.3, 0.4) is 0 Å². The number of rotatable bonds is 9. The molecule has 0 saturated carbocycles. The number of fused-ring (bicyclic) bond motifs is 1. The van der Waals surface area contributed by atoms with Gasteiger partial charge in [-0.05, 0) is 25.1 Å². The van der Waals surface area contributed by atoms with Crippen LogP contribution in [0, 0.1) is 11.6 Å². The van der Waals surface area contributed by atoms with E-state index in [0.717, 1.165) is 29.9 Å². The zero-order valence-electron chi connectivity index (χ0n) is 22.6. The lowest BCUT2D eigenvalue weighted by molar-refractivity contribution is 0.0336. The van der Waals surface area contributed by atoms with Crippen molar-refractivity contribution < 1.29 is 18.3 Å². The third kappa shape index (κ3) is 6.01. The van der Waals surface area contributed by atoms with Crippen LogP contribution in [0.25, 0.3) is 22.4 Å². The lowest BCUT2D eigenvalue weighted by Gasteiger charge is -2.26. The second-order valence-electron chi connectivity index (χ2n) is 9.64. The standard InChI is InChI=1S/C30H29F2N7O2/c1-2-41-22-16-25(31)24(26(32)17-22)19-39-27-6-4-3-5-23(27)29(37-39)30-35-21(18-38-11-13-40-14-12-38)15-28(36-30)34-20-7-9-33-10-8-20/h3-10,15-17H,2,11-14,18-19H2,1H3,(H,33,34,35,36). The summed E-state index contributed by atoms with van der Waals surface area (Å²) in [6.07, 6.45) is 3.40. The molecule has 1 fully saturated rings. The topological polar surface area (TPSA) is 90.2 Å². The van der Waals surface area contributed by atoms with Gasteiger partial charge in [-0.25, -0.2) is 18.7 Å². The molecule has 0 unspecified atom stereocenters. The highest BCUT2D eigenvalue weighted by molar-refractivity contribution is 5.91. The van der Waals surface area contributed by atoms with Crippen LogP contribution in [0.15, 0.2) is 67.0 Å². The molecule has 0 spiro atoms. The van der Waals surface area contributed by atoms with Crippen molar-refractivity contribution in [2.75, 3.05) is 38.2 Å². The monoisotopic (exact) mass is 557 g/mol. The predicted octanol–water partition coefficient (Wildman–Crippen LogP) is 5.19. The Morgan fingerprint density at radius 1 is 0.951 bits per heavy atom. The van der Waals surface area contributed by atoms with Crippen molar-refractivity contribution in [2.45, 2.75) is 20.0 Å².